The van der Waals surface area contributed by atoms with Crippen molar-refractivity contribution < 1.29 is 26.7 Å². The number of benzene rings is 2. The highest BCUT2D eigenvalue weighted by Crippen LogP contribution is 2.39. The first-order chi connectivity index (χ1) is 15.5. The average Bonchev–Trinajstić information content (AvgIpc) is 3.36. The number of thiazole rings is 1. The van der Waals surface area contributed by atoms with Crippen LogP contribution in [0.25, 0.3) is 5.57 Å². The molecule has 1 aromatic heterocycles. The van der Waals surface area contributed by atoms with Gasteiger partial charge in [0, 0.05) is 18.2 Å². The number of thioether (sulfide) groups is 1. The molecule has 33 heavy (non-hydrogen) atoms. The second-order valence-electron chi connectivity index (χ2n) is 7.20. The van der Waals surface area contributed by atoms with Gasteiger partial charge in [-0.2, -0.15) is 28.4 Å². The van der Waals surface area contributed by atoms with Crippen LogP contribution in [0.4, 0.5) is 13.2 Å². The van der Waals surface area contributed by atoms with E-state index in [4.69, 9.17) is 0 Å². The molecule has 0 saturated carbocycles. The Morgan fingerprint density at radius 2 is 1.94 bits per heavy atom. The second kappa shape index (κ2) is 8.58. The maximum atomic E-state index is 13.9. The predicted octanol–water partition coefficient (Wildman–Crippen LogP) is 3.40. The molecule has 2 aromatic carbocycles. The number of fused-ring (bicyclic) bond motifs is 1. The van der Waals surface area contributed by atoms with Gasteiger partial charge in [0.15, 0.2) is 14.2 Å². The van der Waals surface area contributed by atoms with Gasteiger partial charge >= 0.3 is 6.18 Å². The number of nitrogens with zero attached hydrogens (tertiary/aromatic N) is 3. The van der Waals surface area contributed by atoms with Crippen molar-refractivity contribution in [3.8, 4) is 5.88 Å². The first kappa shape index (κ1) is 23.5. The summed E-state index contributed by atoms with van der Waals surface area (Å²) in [5.74, 6) is -0.278. The van der Waals surface area contributed by atoms with Crippen LogP contribution < -0.4 is 10.6 Å². The Hall–Kier alpha value is -2.70. The van der Waals surface area contributed by atoms with Crippen molar-refractivity contribution in [3.05, 3.63) is 68.5 Å². The molecule has 0 amide bonds. The van der Waals surface area contributed by atoms with Crippen molar-refractivity contribution in [1.82, 2.24) is 4.98 Å². The van der Waals surface area contributed by atoms with Gasteiger partial charge in [-0.3, -0.25) is 0 Å². The van der Waals surface area contributed by atoms with Gasteiger partial charge in [0.2, 0.25) is 5.88 Å². The molecule has 1 aliphatic rings. The summed E-state index contributed by atoms with van der Waals surface area (Å²) in [7, 11) is -3.83. The highest BCUT2D eigenvalue weighted by Gasteiger charge is 2.35. The van der Waals surface area contributed by atoms with E-state index in [2.05, 4.69) is 15.2 Å². The fourth-order valence-corrected chi connectivity index (χ4v) is 5.54. The lowest BCUT2D eigenvalue weighted by Crippen LogP contribution is -2.17. The van der Waals surface area contributed by atoms with Gasteiger partial charge in [0.1, 0.15) is 0 Å². The zero-order valence-electron chi connectivity index (χ0n) is 17.2. The Balaban J connectivity index is 1.96. The van der Waals surface area contributed by atoms with Crippen LogP contribution in [0.5, 0.6) is 5.88 Å². The van der Waals surface area contributed by atoms with Crippen LogP contribution in [0.3, 0.4) is 0 Å². The topological polar surface area (TPSA) is 92.0 Å². The quantitative estimate of drug-likeness (QED) is 0.530. The molecule has 0 unspecified atom stereocenters. The number of sulfone groups is 1. The Kier molecular flexibility index (Phi) is 6.10. The minimum Gasteiger partial charge on any atom is -0.492 e. The van der Waals surface area contributed by atoms with E-state index >= 15 is 0 Å². The minimum absolute atomic E-state index is 0.123. The Morgan fingerprint density at radius 3 is 2.58 bits per heavy atom. The molecule has 4 rings (SSSR count). The van der Waals surface area contributed by atoms with E-state index in [0.717, 1.165) is 18.4 Å². The lowest BCUT2D eigenvalue weighted by atomic mass is 9.96. The molecule has 6 nitrogen and oxygen atoms in total. The SMILES string of the molecule is CSc1nc(O)c(C(Cc2ccc(S(C)(=O)=O)cc2C(F)(F)F)=c2ccc3c(c2)C=NN=3)s1. The first-order valence-electron chi connectivity index (χ1n) is 9.36. The van der Waals surface area contributed by atoms with Crippen molar-refractivity contribution in [2.24, 2.45) is 10.2 Å². The van der Waals surface area contributed by atoms with Crippen LogP contribution in [0.2, 0.25) is 0 Å². The third-order valence-electron chi connectivity index (χ3n) is 4.96. The molecule has 3 aromatic rings. The maximum absolute atomic E-state index is 13.9. The van der Waals surface area contributed by atoms with Gasteiger partial charge in [0.05, 0.1) is 26.9 Å². The van der Waals surface area contributed by atoms with Crippen LogP contribution >= 0.6 is 23.1 Å². The van der Waals surface area contributed by atoms with Gasteiger partial charge in [-0.15, -0.1) is 11.3 Å². The summed E-state index contributed by atoms with van der Waals surface area (Å²) in [5, 5.41) is 19.5. The fraction of sp³-hybridized carbons (Fsp3) is 0.190. The fourth-order valence-electron chi connectivity index (χ4n) is 3.37. The van der Waals surface area contributed by atoms with Crippen molar-refractivity contribution in [2.75, 3.05) is 12.5 Å². The van der Waals surface area contributed by atoms with Gasteiger partial charge in [0.25, 0.3) is 0 Å². The molecule has 1 aliphatic heterocycles. The van der Waals surface area contributed by atoms with Gasteiger partial charge in [-0.05, 0) is 46.9 Å². The molecule has 0 bridgehead atoms. The van der Waals surface area contributed by atoms with Crippen molar-refractivity contribution in [3.63, 3.8) is 0 Å². The lowest BCUT2D eigenvalue weighted by Gasteiger charge is -2.16. The molecular formula is C21H16F3N3O3S3. The second-order valence-corrected chi connectivity index (χ2v) is 11.3. The monoisotopic (exact) mass is 511 g/mol. The summed E-state index contributed by atoms with van der Waals surface area (Å²) in [6.07, 6.45) is -0.810. The van der Waals surface area contributed by atoms with Crippen molar-refractivity contribution >= 4 is 44.7 Å². The normalized spacial score (nSPS) is 14.2. The number of aromatic nitrogens is 1. The lowest BCUT2D eigenvalue weighted by molar-refractivity contribution is -0.138. The number of rotatable bonds is 5. The molecule has 0 atom stereocenters. The third kappa shape index (κ3) is 4.82. The van der Waals surface area contributed by atoms with Crippen LogP contribution in [-0.2, 0) is 22.4 Å². The van der Waals surface area contributed by atoms with Crippen LogP contribution in [0.15, 0.2) is 55.8 Å². The van der Waals surface area contributed by atoms with Gasteiger partial charge in [-0.1, -0.05) is 23.9 Å². The summed E-state index contributed by atoms with van der Waals surface area (Å²) >= 11 is 2.47. The Labute approximate surface area is 195 Å². The minimum atomic E-state index is -4.77. The van der Waals surface area contributed by atoms with Crippen LogP contribution in [0, 0.1) is 0 Å². The molecule has 0 aliphatic carbocycles. The molecule has 172 valence electrons. The Bertz CT molecular complexity index is 1510. The number of aromatic hydroxyl groups is 1. The largest absolute Gasteiger partial charge is 0.492 e. The summed E-state index contributed by atoms with van der Waals surface area (Å²) in [5.41, 5.74) is -0.0504. The molecule has 12 heteroatoms. The predicted molar refractivity (Wildman–Crippen MR) is 121 cm³/mol. The maximum Gasteiger partial charge on any atom is 0.416 e. The molecular weight excluding hydrogens is 495 g/mol. The molecule has 0 spiro atoms. The summed E-state index contributed by atoms with van der Waals surface area (Å²) < 4.78 is 65.9. The standard InChI is InChI=1S/C21H16F3N3O3S3/c1-31-20-26-19(28)18(32-20)15(11-4-6-17-13(7-11)10-25-27-17)8-12-3-5-14(33(2,29)30)9-16(12)21(22,23)24/h3-7,9-10,28H,8H2,1-2H3. The molecule has 0 saturated heterocycles. The summed E-state index contributed by atoms with van der Waals surface area (Å²) in [4.78, 5) is 4.00. The summed E-state index contributed by atoms with van der Waals surface area (Å²) in [6, 6.07) is 8.10. The number of hydrogen-bond donors (Lipinski definition) is 1. The first-order valence-corrected chi connectivity index (χ1v) is 13.3. The van der Waals surface area contributed by atoms with Crippen LogP contribution in [0.1, 0.15) is 21.6 Å². The molecule has 1 N–H and O–H groups in total. The van der Waals surface area contributed by atoms with E-state index < -0.39 is 26.5 Å². The van der Waals surface area contributed by atoms with Crippen molar-refractivity contribution in [2.45, 2.75) is 21.8 Å². The zero-order chi connectivity index (χ0) is 24.0. The smallest absolute Gasteiger partial charge is 0.416 e. The average molecular weight is 512 g/mol. The molecule has 2 heterocycles. The van der Waals surface area contributed by atoms with E-state index in [9.17, 15) is 26.7 Å². The van der Waals surface area contributed by atoms with E-state index in [1.807, 2.05) is 0 Å². The zero-order valence-corrected chi connectivity index (χ0v) is 19.7. The third-order valence-corrected chi connectivity index (χ3v) is 8.16. The highest BCUT2D eigenvalue weighted by atomic mass is 32.2. The Morgan fingerprint density at radius 1 is 1.18 bits per heavy atom. The van der Waals surface area contributed by atoms with Gasteiger partial charge < -0.3 is 5.11 Å². The van der Waals surface area contributed by atoms with E-state index in [0.29, 0.717) is 37.0 Å². The van der Waals surface area contributed by atoms with E-state index in [1.165, 1.54) is 23.1 Å². The number of halogens is 3. The van der Waals surface area contributed by atoms with Crippen LogP contribution in [-0.4, -0.2) is 37.2 Å². The van der Waals surface area contributed by atoms with Gasteiger partial charge in [-0.25, -0.2) is 8.42 Å². The van der Waals surface area contributed by atoms with E-state index in [-0.39, 0.29) is 17.9 Å². The number of alkyl halides is 3. The van der Waals surface area contributed by atoms with Crippen molar-refractivity contribution in [1.29, 1.82) is 0 Å². The number of hydrogen-bond acceptors (Lipinski definition) is 8. The summed E-state index contributed by atoms with van der Waals surface area (Å²) in [6.45, 7) is 0. The molecule has 0 fully saturated rings. The highest BCUT2D eigenvalue weighted by molar-refractivity contribution is 8.00. The molecule has 0 radical (unpaired) electrons. The van der Waals surface area contributed by atoms with E-state index in [1.54, 1.807) is 30.7 Å².